The summed E-state index contributed by atoms with van der Waals surface area (Å²) in [6, 6.07) is 8.74. The number of fused-ring (bicyclic) bond motifs is 1. The van der Waals surface area contributed by atoms with Crippen LogP contribution in [0.15, 0.2) is 24.3 Å². The number of likely N-dealkylation sites (tertiary alicyclic amines) is 2. The van der Waals surface area contributed by atoms with E-state index >= 15 is 0 Å². The van der Waals surface area contributed by atoms with Gasteiger partial charge in [0, 0.05) is 30.3 Å². The summed E-state index contributed by atoms with van der Waals surface area (Å²) >= 11 is 1.60. The number of thiophene rings is 1. The van der Waals surface area contributed by atoms with Gasteiger partial charge in [-0.1, -0.05) is 31.0 Å². The molecule has 1 aromatic heterocycles. The van der Waals surface area contributed by atoms with Gasteiger partial charge < -0.3 is 15.1 Å². The molecule has 0 aliphatic carbocycles. The zero-order valence-electron chi connectivity index (χ0n) is 18.2. The average molecular weight is 428 g/mol. The molecule has 0 unspecified atom stereocenters. The first-order valence-corrected chi connectivity index (χ1v) is 12.1. The van der Waals surface area contributed by atoms with Crippen LogP contribution in [-0.2, 0) is 11.2 Å². The Morgan fingerprint density at radius 2 is 1.83 bits per heavy atom. The summed E-state index contributed by atoms with van der Waals surface area (Å²) in [6.07, 6.45) is 7.18. The largest absolute Gasteiger partial charge is 0.349 e. The number of piperidine rings is 1. The van der Waals surface area contributed by atoms with E-state index in [0.29, 0.717) is 0 Å². The smallest absolute Gasteiger partial charge is 0.261 e. The third kappa shape index (κ3) is 4.70. The van der Waals surface area contributed by atoms with Gasteiger partial charge in [0.2, 0.25) is 5.91 Å². The number of amides is 2. The normalized spacial score (nSPS) is 21.5. The van der Waals surface area contributed by atoms with Crippen LogP contribution in [0.1, 0.15) is 60.7 Å². The molecule has 2 saturated heterocycles. The Morgan fingerprint density at radius 1 is 1.07 bits per heavy atom. The monoisotopic (exact) mass is 427 g/mol. The first kappa shape index (κ1) is 21.3. The van der Waals surface area contributed by atoms with Gasteiger partial charge >= 0.3 is 0 Å². The highest BCUT2D eigenvalue weighted by atomic mass is 32.1. The summed E-state index contributed by atoms with van der Waals surface area (Å²) in [5.74, 6) is 0.211. The van der Waals surface area contributed by atoms with Crippen molar-refractivity contribution in [3.63, 3.8) is 0 Å². The second kappa shape index (κ2) is 9.48. The fraction of sp³-hybridized carbons (Fsp3) is 0.583. The summed E-state index contributed by atoms with van der Waals surface area (Å²) in [4.78, 5) is 30.8. The SMILES string of the molecule is CC(=O)N1CCCCC[C@@H]1Cc1c(C(=O)NC2CCN(C)CC2)sc2ccccc12. The number of hydrogen-bond acceptors (Lipinski definition) is 4. The lowest BCUT2D eigenvalue weighted by Crippen LogP contribution is -2.43. The molecule has 0 spiro atoms. The van der Waals surface area contributed by atoms with Gasteiger partial charge in [-0.15, -0.1) is 11.3 Å². The highest BCUT2D eigenvalue weighted by molar-refractivity contribution is 7.21. The number of nitrogens with zero attached hydrogens (tertiary/aromatic N) is 2. The van der Waals surface area contributed by atoms with E-state index in [0.717, 1.165) is 73.3 Å². The molecule has 0 saturated carbocycles. The van der Waals surface area contributed by atoms with Crippen LogP contribution in [0.5, 0.6) is 0 Å². The lowest BCUT2D eigenvalue weighted by atomic mass is 9.97. The summed E-state index contributed by atoms with van der Waals surface area (Å²) in [6.45, 7) is 4.57. The Hall–Kier alpha value is -1.92. The first-order chi connectivity index (χ1) is 14.5. The molecule has 0 radical (unpaired) electrons. The van der Waals surface area contributed by atoms with E-state index < -0.39 is 0 Å². The van der Waals surface area contributed by atoms with Gasteiger partial charge in [0.25, 0.3) is 5.91 Å². The van der Waals surface area contributed by atoms with E-state index in [4.69, 9.17) is 0 Å². The molecular formula is C24H33N3O2S. The summed E-state index contributed by atoms with van der Waals surface area (Å²) in [5, 5.41) is 4.48. The van der Waals surface area contributed by atoms with Gasteiger partial charge in [-0.3, -0.25) is 9.59 Å². The van der Waals surface area contributed by atoms with Crippen molar-refractivity contribution in [1.82, 2.24) is 15.1 Å². The number of benzene rings is 1. The van der Waals surface area contributed by atoms with E-state index in [1.807, 2.05) is 17.0 Å². The fourth-order valence-corrected chi connectivity index (χ4v) is 6.06. The van der Waals surface area contributed by atoms with Crippen LogP contribution in [0.2, 0.25) is 0 Å². The van der Waals surface area contributed by atoms with Gasteiger partial charge in [0.1, 0.15) is 0 Å². The Kier molecular flexibility index (Phi) is 6.74. The number of carbonyl (C=O) groups is 2. The van der Waals surface area contributed by atoms with Crippen LogP contribution in [0, 0.1) is 0 Å². The van der Waals surface area contributed by atoms with Crippen molar-refractivity contribution >= 4 is 33.2 Å². The zero-order valence-corrected chi connectivity index (χ0v) is 19.0. The molecule has 5 nitrogen and oxygen atoms in total. The van der Waals surface area contributed by atoms with E-state index in [9.17, 15) is 9.59 Å². The van der Waals surface area contributed by atoms with Crippen molar-refractivity contribution in [2.45, 2.75) is 64.0 Å². The van der Waals surface area contributed by atoms with Crippen molar-refractivity contribution in [3.8, 4) is 0 Å². The van der Waals surface area contributed by atoms with Crippen LogP contribution in [0.4, 0.5) is 0 Å². The minimum atomic E-state index is 0.0590. The number of rotatable bonds is 4. The second-order valence-corrected chi connectivity index (χ2v) is 9.93. The first-order valence-electron chi connectivity index (χ1n) is 11.3. The minimum Gasteiger partial charge on any atom is -0.349 e. The summed E-state index contributed by atoms with van der Waals surface area (Å²) < 4.78 is 1.16. The van der Waals surface area contributed by atoms with Crippen LogP contribution < -0.4 is 5.32 Å². The number of nitrogens with one attached hydrogen (secondary N) is 1. The maximum Gasteiger partial charge on any atom is 0.261 e. The van der Waals surface area contributed by atoms with E-state index in [2.05, 4.69) is 29.4 Å². The van der Waals surface area contributed by atoms with Gasteiger partial charge in [0.15, 0.2) is 0 Å². The van der Waals surface area contributed by atoms with Crippen molar-refractivity contribution in [1.29, 1.82) is 0 Å². The van der Waals surface area contributed by atoms with Crippen LogP contribution in [-0.4, -0.2) is 60.4 Å². The van der Waals surface area contributed by atoms with Gasteiger partial charge in [-0.05, 0) is 69.3 Å². The predicted molar refractivity (Wildman–Crippen MR) is 123 cm³/mol. The molecule has 1 N–H and O–H groups in total. The molecule has 4 rings (SSSR count). The molecule has 1 atom stereocenters. The predicted octanol–water partition coefficient (Wildman–Crippen LogP) is 4.06. The highest BCUT2D eigenvalue weighted by Gasteiger charge is 2.28. The maximum atomic E-state index is 13.3. The summed E-state index contributed by atoms with van der Waals surface area (Å²) in [7, 11) is 2.13. The van der Waals surface area contributed by atoms with E-state index in [-0.39, 0.29) is 23.9 Å². The molecule has 0 bridgehead atoms. The Bertz CT molecular complexity index is 901. The highest BCUT2D eigenvalue weighted by Crippen LogP contribution is 2.34. The molecule has 2 aromatic rings. The lowest BCUT2D eigenvalue weighted by molar-refractivity contribution is -0.131. The molecule has 2 aliphatic rings. The van der Waals surface area contributed by atoms with Crippen LogP contribution in [0.25, 0.3) is 10.1 Å². The molecule has 2 amide bonds. The van der Waals surface area contributed by atoms with E-state index in [1.165, 1.54) is 11.8 Å². The maximum absolute atomic E-state index is 13.3. The molecule has 1 aromatic carbocycles. The van der Waals surface area contributed by atoms with E-state index in [1.54, 1.807) is 18.3 Å². The van der Waals surface area contributed by atoms with Crippen molar-refractivity contribution in [2.24, 2.45) is 0 Å². The fourth-order valence-electron chi connectivity index (χ4n) is 4.93. The Morgan fingerprint density at radius 3 is 2.60 bits per heavy atom. The molecule has 30 heavy (non-hydrogen) atoms. The third-order valence-corrected chi connectivity index (χ3v) is 7.89. The lowest BCUT2D eigenvalue weighted by Gasteiger charge is -2.30. The van der Waals surface area contributed by atoms with Crippen molar-refractivity contribution < 1.29 is 9.59 Å². The Labute approximate surface area is 183 Å². The summed E-state index contributed by atoms with van der Waals surface area (Å²) in [5.41, 5.74) is 1.12. The topological polar surface area (TPSA) is 52.7 Å². The molecular weight excluding hydrogens is 394 g/mol. The van der Waals surface area contributed by atoms with Gasteiger partial charge in [-0.2, -0.15) is 0 Å². The number of hydrogen-bond donors (Lipinski definition) is 1. The molecule has 2 fully saturated rings. The molecule has 2 aliphatic heterocycles. The molecule has 162 valence electrons. The third-order valence-electron chi connectivity index (χ3n) is 6.68. The second-order valence-electron chi connectivity index (χ2n) is 8.88. The van der Waals surface area contributed by atoms with Crippen molar-refractivity contribution in [3.05, 3.63) is 34.7 Å². The van der Waals surface area contributed by atoms with Crippen molar-refractivity contribution in [2.75, 3.05) is 26.7 Å². The average Bonchev–Trinajstić information content (AvgIpc) is 2.93. The standard InChI is InChI=1S/C24H33N3O2S/c1-17(28)27-13-7-3-4-8-19(27)16-21-20-9-5-6-10-22(20)30-23(21)24(29)25-18-11-14-26(2)15-12-18/h5-6,9-10,18-19H,3-4,7-8,11-16H2,1-2H3,(H,25,29)/t19-/m1/s1. The zero-order chi connectivity index (χ0) is 21.1. The quantitative estimate of drug-likeness (QED) is 0.801. The molecule has 3 heterocycles. The molecule has 6 heteroatoms. The minimum absolute atomic E-state index is 0.0590. The van der Waals surface area contributed by atoms with Gasteiger partial charge in [-0.25, -0.2) is 0 Å². The van der Waals surface area contributed by atoms with Crippen LogP contribution >= 0.6 is 11.3 Å². The Balaban J connectivity index is 1.61. The van der Waals surface area contributed by atoms with Crippen LogP contribution in [0.3, 0.4) is 0 Å². The van der Waals surface area contributed by atoms with Gasteiger partial charge in [0.05, 0.1) is 4.88 Å². The number of carbonyl (C=O) groups excluding carboxylic acids is 2.